The molecule has 34 heavy (non-hydrogen) atoms. The number of likely N-dealkylation sites (tertiary alicyclic amines) is 1. The number of anilines is 1. The first-order chi connectivity index (χ1) is 16.1. The maximum Gasteiger partial charge on any atom is 0.573 e. The van der Waals surface area contributed by atoms with Crippen molar-refractivity contribution in [2.45, 2.75) is 31.8 Å². The summed E-state index contributed by atoms with van der Waals surface area (Å²) in [5.41, 5.74) is 0.753. The van der Waals surface area contributed by atoms with Crippen molar-refractivity contribution in [1.29, 1.82) is 0 Å². The Labute approximate surface area is 191 Å². The Morgan fingerprint density at radius 3 is 2.62 bits per heavy atom. The van der Waals surface area contributed by atoms with Crippen molar-refractivity contribution >= 4 is 34.4 Å². The maximum absolute atomic E-state index is 13.0. The smallest absolute Gasteiger partial charge is 0.478 e. The zero-order valence-corrected chi connectivity index (χ0v) is 17.7. The molecule has 1 aliphatic rings. The summed E-state index contributed by atoms with van der Waals surface area (Å²) in [6.45, 7) is 0.172. The molecule has 2 aromatic carbocycles. The van der Waals surface area contributed by atoms with E-state index in [1.54, 1.807) is 24.3 Å². The fraction of sp³-hybridized carbons (Fsp3) is 0.261. The molecule has 0 radical (unpaired) electrons. The molecule has 0 bridgehead atoms. The number of halogens is 3. The molecule has 178 valence electrons. The summed E-state index contributed by atoms with van der Waals surface area (Å²) in [5, 5.41) is 12.5. The first-order valence-corrected chi connectivity index (χ1v) is 10.4. The second-order valence-electron chi connectivity index (χ2n) is 7.80. The summed E-state index contributed by atoms with van der Waals surface area (Å²) in [4.78, 5) is 38.8. The highest BCUT2D eigenvalue weighted by Crippen LogP contribution is 2.27. The molecule has 4 rings (SSSR count). The van der Waals surface area contributed by atoms with Gasteiger partial charge in [-0.3, -0.25) is 9.59 Å². The number of hydrogen-bond donors (Lipinski definition) is 2. The largest absolute Gasteiger partial charge is 0.573 e. The Balaban J connectivity index is 1.48. The molecule has 1 unspecified atom stereocenters. The highest BCUT2D eigenvalue weighted by atomic mass is 19.4. The number of nitrogens with zero attached hydrogens (tertiary/aromatic N) is 2. The monoisotopic (exact) mass is 475 g/mol. The molecule has 1 fully saturated rings. The second-order valence-corrected chi connectivity index (χ2v) is 7.80. The first kappa shape index (κ1) is 23.1. The lowest BCUT2D eigenvalue weighted by Crippen LogP contribution is -2.44. The standard InChI is InChI=1S/C23H20F3N3O5/c24-23(25,26)34-15-6-3-5-14(11-15)27-21(31)19-9-4-10-29(19)20(30)13-28-12-17(22(32)33)16-7-1-2-8-18(16)28/h1-3,5-8,11-12,19H,4,9-10,13H2,(H,27,31)(H,32,33). The minimum Gasteiger partial charge on any atom is -0.478 e. The number of aromatic nitrogens is 1. The number of carboxylic acid groups (broad SMARTS) is 1. The van der Waals surface area contributed by atoms with E-state index in [0.29, 0.717) is 30.3 Å². The van der Waals surface area contributed by atoms with Crippen LogP contribution in [0, 0.1) is 0 Å². The Kier molecular flexibility index (Phi) is 6.18. The number of ether oxygens (including phenoxy) is 1. The molecule has 2 N–H and O–H groups in total. The van der Waals surface area contributed by atoms with Gasteiger partial charge in [-0.1, -0.05) is 24.3 Å². The van der Waals surface area contributed by atoms with Crippen LogP contribution in [-0.2, 0) is 16.1 Å². The summed E-state index contributed by atoms with van der Waals surface area (Å²) in [6.07, 6.45) is -2.50. The van der Waals surface area contributed by atoms with Crippen LogP contribution >= 0.6 is 0 Å². The summed E-state index contributed by atoms with van der Waals surface area (Å²) < 4.78 is 42.8. The lowest BCUT2D eigenvalue weighted by molar-refractivity contribution is -0.274. The van der Waals surface area contributed by atoms with Gasteiger partial charge in [-0.05, 0) is 31.0 Å². The van der Waals surface area contributed by atoms with Crippen molar-refractivity contribution in [3.8, 4) is 5.75 Å². The molecule has 1 saturated heterocycles. The van der Waals surface area contributed by atoms with Crippen molar-refractivity contribution in [2.24, 2.45) is 0 Å². The highest BCUT2D eigenvalue weighted by Gasteiger charge is 2.35. The Hall–Kier alpha value is -4.02. The Bertz CT molecular complexity index is 1250. The second kappa shape index (κ2) is 9.08. The lowest BCUT2D eigenvalue weighted by atomic mass is 10.2. The van der Waals surface area contributed by atoms with Crippen molar-refractivity contribution in [2.75, 3.05) is 11.9 Å². The van der Waals surface area contributed by atoms with Gasteiger partial charge in [0.05, 0.1) is 5.56 Å². The van der Waals surface area contributed by atoms with Crippen LogP contribution in [0.4, 0.5) is 18.9 Å². The number of carbonyl (C=O) groups excluding carboxylic acids is 2. The number of rotatable bonds is 6. The molecular formula is C23H20F3N3O5. The minimum atomic E-state index is -4.86. The fourth-order valence-electron chi connectivity index (χ4n) is 4.12. The Morgan fingerprint density at radius 2 is 1.88 bits per heavy atom. The number of carbonyl (C=O) groups is 3. The van der Waals surface area contributed by atoms with E-state index in [1.165, 1.54) is 27.8 Å². The summed E-state index contributed by atoms with van der Waals surface area (Å²) in [6, 6.07) is 10.9. The van der Waals surface area contributed by atoms with Gasteiger partial charge in [-0.2, -0.15) is 0 Å². The number of carboxylic acids is 1. The van der Waals surface area contributed by atoms with Crippen LogP contribution in [0.2, 0.25) is 0 Å². The van der Waals surface area contributed by atoms with E-state index in [0.717, 1.165) is 12.1 Å². The molecule has 2 amide bonds. The van der Waals surface area contributed by atoms with Gasteiger partial charge >= 0.3 is 12.3 Å². The number of amides is 2. The zero-order chi connectivity index (χ0) is 24.5. The number of aromatic carboxylic acids is 1. The van der Waals surface area contributed by atoms with Crippen molar-refractivity contribution in [3.63, 3.8) is 0 Å². The number of nitrogens with one attached hydrogen (secondary N) is 1. The molecule has 0 spiro atoms. The normalized spacial score (nSPS) is 16.0. The van der Waals surface area contributed by atoms with Crippen LogP contribution in [-0.4, -0.2) is 51.3 Å². The van der Waals surface area contributed by atoms with Crippen molar-refractivity contribution in [3.05, 3.63) is 60.3 Å². The average molecular weight is 475 g/mol. The number of fused-ring (bicyclic) bond motifs is 1. The fourth-order valence-corrected chi connectivity index (χ4v) is 4.12. The predicted molar refractivity (Wildman–Crippen MR) is 115 cm³/mol. The lowest BCUT2D eigenvalue weighted by Gasteiger charge is -2.24. The highest BCUT2D eigenvalue weighted by molar-refractivity contribution is 6.04. The van der Waals surface area contributed by atoms with Crippen molar-refractivity contribution in [1.82, 2.24) is 9.47 Å². The van der Waals surface area contributed by atoms with E-state index >= 15 is 0 Å². The van der Waals surface area contributed by atoms with E-state index in [9.17, 15) is 32.7 Å². The van der Waals surface area contributed by atoms with Crippen molar-refractivity contribution < 1.29 is 37.4 Å². The molecule has 0 aliphatic carbocycles. The number of alkyl halides is 3. The number of benzene rings is 2. The zero-order valence-electron chi connectivity index (χ0n) is 17.7. The third-order valence-corrected chi connectivity index (χ3v) is 5.54. The predicted octanol–water partition coefficient (Wildman–Crippen LogP) is 3.87. The summed E-state index contributed by atoms with van der Waals surface area (Å²) in [5.74, 6) is -2.49. The van der Waals surface area contributed by atoms with Crippen LogP contribution < -0.4 is 10.1 Å². The van der Waals surface area contributed by atoms with Gasteiger partial charge in [0.2, 0.25) is 11.8 Å². The van der Waals surface area contributed by atoms with Gasteiger partial charge in [-0.25, -0.2) is 4.79 Å². The quantitative estimate of drug-likeness (QED) is 0.564. The minimum absolute atomic E-state index is 0.0695. The van der Waals surface area contributed by atoms with E-state index < -0.39 is 30.0 Å². The molecule has 1 aliphatic heterocycles. The van der Waals surface area contributed by atoms with E-state index in [2.05, 4.69) is 10.1 Å². The summed E-state index contributed by atoms with van der Waals surface area (Å²) in [7, 11) is 0. The molecule has 2 heterocycles. The molecule has 1 atom stereocenters. The average Bonchev–Trinajstić information content (AvgIpc) is 3.38. The molecule has 8 nitrogen and oxygen atoms in total. The van der Waals surface area contributed by atoms with Gasteiger partial charge in [0, 0.05) is 35.4 Å². The molecule has 0 saturated carbocycles. The first-order valence-electron chi connectivity index (χ1n) is 10.4. The van der Waals surface area contributed by atoms with Gasteiger partial charge < -0.3 is 24.6 Å². The number of para-hydroxylation sites is 1. The SMILES string of the molecule is O=C(O)c1cn(CC(=O)N2CCCC2C(=O)Nc2cccc(OC(F)(F)F)c2)c2ccccc12. The third kappa shape index (κ3) is 4.98. The van der Waals surface area contributed by atoms with E-state index in [-0.39, 0.29) is 23.7 Å². The molecule has 1 aromatic heterocycles. The Morgan fingerprint density at radius 1 is 1.12 bits per heavy atom. The molecule has 3 aromatic rings. The summed E-state index contributed by atoms with van der Waals surface area (Å²) >= 11 is 0. The van der Waals surface area contributed by atoms with Gasteiger partial charge in [0.1, 0.15) is 18.3 Å². The van der Waals surface area contributed by atoms with Gasteiger partial charge in [0.25, 0.3) is 0 Å². The van der Waals surface area contributed by atoms with Gasteiger partial charge in [-0.15, -0.1) is 13.2 Å². The van der Waals surface area contributed by atoms with Gasteiger partial charge in [0.15, 0.2) is 0 Å². The van der Waals surface area contributed by atoms with Crippen LogP contribution in [0.25, 0.3) is 10.9 Å². The topological polar surface area (TPSA) is 101 Å². The maximum atomic E-state index is 13.0. The van der Waals surface area contributed by atoms with Crippen LogP contribution in [0.15, 0.2) is 54.7 Å². The number of hydrogen-bond acceptors (Lipinski definition) is 4. The van der Waals surface area contributed by atoms with Crippen LogP contribution in [0.3, 0.4) is 0 Å². The molecule has 11 heteroatoms. The third-order valence-electron chi connectivity index (χ3n) is 5.54. The van der Waals surface area contributed by atoms with E-state index in [4.69, 9.17) is 0 Å². The van der Waals surface area contributed by atoms with E-state index in [1.807, 2.05) is 0 Å². The molecular weight excluding hydrogens is 455 g/mol. The van der Waals surface area contributed by atoms with Crippen LogP contribution in [0.1, 0.15) is 23.2 Å². The van der Waals surface area contributed by atoms with Crippen LogP contribution in [0.5, 0.6) is 5.75 Å².